The second-order valence-corrected chi connectivity index (χ2v) is 6.95. The highest BCUT2D eigenvalue weighted by molar-refractivity contribution is 9.10. The maximum atomic E-state index is 12.7. The van der Waals surface area contributed by atoms with Crippen LogP contribution >= 0.6 is 15.9 Å². The number of allylic oxidation sites excluding steroid dienone is 3. The van der Waals surface area contributed by atoms with Gasteiger partial charge >= 0.3 is 0 Å². The zero-order valence-electron chi connectivity index (χ0n) is 13.4. The second kappa shape index (κ2) is 6.33. The fraction of sp³-hybridized carbons (Fsp3) is 0.333. The number of hydrogen-bond donors (Lipinski definition) is 1. The van der Waals surface area contributed by atoms with Gasteiger partial charge in [-0.1, -0.05) is 13.0 Å². The van der Waals surface area contributed by atoms with Crippen molar-refractivity contribution in [3.63, 3.8) is 0 Å². The third-order valence-corrected chi connectivity index (χ3v) is 4.99. The lowest BCUT2D eigenvalue weighted by Crippen LogP contribution is -2.29. The van der Waals surface area contributed by atoms with Crippen molar-refractivity contribution in [3.05, 3.63) is 51.0 Å². The van der Waals surface area contributed by atoms with Crippen molar-refractivity contribution in [1.29, 1.82) is 5.26 Å². The molecule has 0 aromatic heterocycles. The molecule has 0 amide bonds. The van der Waals surface area contributed by atoms with Gasteiger partial charge in [-0.05, 0) is 39.5 Å². The van der Waals surface area contributed by atoms with Gasteiger partial charge in [0.15, 0.2) is 5.78 Å². The zero-order chi connectivity index (χ0) is 17.4. The normalized spacial score (nSPS) is 23.5. The largest absolute Gasteiger partial charge is 0.496 e. The summed E-state index contributed by atoms with van der Waals surface area (Å²) < 4.78 is 11.6. The molecule has 24 heavy (non-hydrogen) atoms. The number of carbonyl (C=O) groups excluding carboxylic acids is 1. The highest BCUT2D eigenvalue weighted by Gasteiger charge is 2.39. The molecule has 0 radical (unpaired) electrons. The lowest BCUT2D eigenvalue weighted by molar-refractivity contribution is -0.117. The molecule has 0 saturated carbocycles. The Balaban J connectivity index is 2.17. The van der Waals surface area contributed by atoms with E-state index in [2.05, 4.69) is 22.0 Å². The minimum Gasteiger partial charge on any atom is -0.496 e. The van der Waals surface area contributed by atoms with Gasteiger partial charge in [-0.15, -0.1) is 0 Å². The van der Waals surface area contributed by atoms with Crippen LogP contribution in [-0.4, -0.2) is 12.9 Å². The van der Waals surface area contributed by atoms with E-state index in [0.717, 1.165) is 10.0 Å². The molecule has 2 atom stereocenters. The lowest BCUT2D eigenvalue weighted by Gasteiger charge is -2.33. The summed E-state index contributed by atoms with van der Waals surface area (Å²) in [5.74, 6) is 1.07. The standard InChI is InChI=1S/C18H17BrN2O3/c1-9-5-13(22)17-15(6-9)24-18(21)11(8-20)16(17)10-3-4-14(23-2)12(19)7-10/h3-4,7,9,16H,5-6,21H2,1-2H3/t9-,16+/m0/s1. The molecule has 1 aliphatic carbocycles. The van der Waals surface area contributed by atoms with Crippen LogP contribution in [0.5, 0.6) is 5.75 Å². The molecule has 0 saturated heterocycles. The highest BCUT2D eigenvalue weighted by Crippen LogP contribution is 2.45. The van der Waals surface area contributed by atoms with Crippen LogP contribution in [0.15, 0.2) is 45.5 Å². The summed E-state index contributed by atoms with van der Waals surface area (Å²) in [5, 5.41) is 9.55. The van der Waals surface area contributed by atoms with E-state index in [9.17, 15) is 10.1 Å². The second-order valence-electron chi connectivity index (χ2n) is 6.09. The van der Waals surface area contributed by atoms with Crippen LogP contribution in [0, 0.1) is 17.2 Å². The maximum Gasteiger partial charge on any atom is 0.205 e. The number of Topliss-reactive ketones (excluding diaryl/α,β-unsaturated/α-hetero) is 1. The fourth-order valence-electron chi connectivity index (χ4n) is 3.29. The van der Waals surface area contributed by atoms with E-state index in [-0.39, 0.29) is 23.2 Å². The molecule has 1 aromatic rings. The molecule has 0 fully saturated rings. The van der Waals surface area contributed by atoms with Crippen molar-refractivity contribution in [2.75, 3.05) is 7.11 Å². The number of rotatable bonds is 2. The number of methoxy groups -OCH3 is 1. The Labute approximate surface area is 148 Å². The first-order valence-corrected chi connectivity index (χ1v) is 8.42. The summed E-state index contributed by atoms with van der Waals surface area (Å²) in [6, 6.07) is 7.62. The van der Waals surface area contributed by atoms with E-state index < -0.39 is 5.92 Å². The number of halogens is 1. The summed E-state index contributed by atoms with van der Waals surface area (Å²) >= 11 is 3.46. The van der Waals surface area contributed by atoms with E-state index in [0.29, 0.717) is 29.9 Å². The van der Waals surface area contributed by atoms with Crippen LogP contribution in [0.2, 0.25) is 0 Å². The first-order valence-electron chi connectivity index (χ1n) is 7.63. The Morgan fingerprint density at radius 3 is 2.79 bits per heavy atom. The molecule has 6 heteroatoms. The van der Waals surface area contributed by atoms with Gasteiger partial charge in [0.25, 0.3) is 0 Å². The van der Waals surface area contributed by atoms with Gasteiger partial charge in [0.1, 0.15) is 23.2 Å². The van der Waals surface area contributed by atoms with Gasteiger partial charge in [-0.3, -0.25) is 4.79 Å². The summed E-state index contributed by atoms with van der Waals surface area (Å²) in [6.07, 6.45) is 1.10. The number of nitriles is 1. The first kappa shape index (κ1) is 16.6. The average Bonchev–Trinajstić information content (AvgIpc) is 2.53. The predicted octanol–water partition coefficient (Wildman–Crippen LogP) is 3.52. The van der Waals surface area contributed by atoms with Gasteiger partial charge in [0, 0.05) is 18.4 Å². The molecule has 0 unspecified atom stereocenters. The molecular weight excluding hydrogens is 372 g/mol. The molecule has 1 heterocycles. The maximum absolute atomic E-state index is 12.7. The van der Waals surface area contributed by atoms with Crippen molar-refractivity contribution in [2.24, 2.45) is 11.7 Å². The lowest BCUT2D eigenvalue weighted by atomic mass is 9.75. The molecular formula is C18H17BrN2O3. The summed E-state index contributed by atoms with van der Waals surface area (Å²) in [5.41, 5.74) is 7.59. The van der Waals surface area contributed by atoms with Gasteiger partial charge in [-0.25, -0.2) is 0 Å². The van der Waals surface area contributed by atoms with Crippen molar-refractivity contribution >= 4 is 21.7 Å². The first-order chi connectivity index (χ1) is 11.5. The number of hydrogen-bond acceptors (Lipinski definition) is 5. The molecule has 124 valence electrons. The van der Waals surface area contributed by atoms with Crippen molar-refractivity contribution in [1.82, 2.24) is 0 Å². The van der Waals surface area contributed by atoms with Crippen LogP contribution in [0.4, 0.5) is 0 Å². The monoisotopic (exact) mass is 388 g/mol. The van der Waals surface area contributed by atoms with E-state index in [1.54, 1.807) is 13.2 Å². The van der Waals surface area contributed by atoms with Gasteiger partial charge in [0.2, 0.25) is 5.88 Å². The van der Waals surface area contributed by atoms with Crippen LogP contribution in [-0.2, 0) is 9.53 Å². The minimum absolute atomic E-state index is 0.0148. The number of ketones is 1. The molecule has 1 aromatic carbocycles. The highest BCUT2D eigenvalue weighted by atomic mass is 79.9. The Morgan fingerprint density at radius 2 is 2.17 bits per heavy atom. The van der Waals surface area contributed by atoms with Gasteiger partial charge < -0.3 is 15.2 Å². The van der Waals surface area contributed by atoms with Crippen molar-refractivity contribution in [2.45, 2.75) is 25.7 Å². The van der Waals surface area contributed by atoms with Gasteiger partial charge in [0.05, 0.1) is 17.5 Å². The Kier molecular flexibility index (Phi) is 4.37. The van der Waals surface area contributed by atoms with E-state index in [1.165, 1.54) is 0 Å². The Morgan fingerprint density at radius 1 is 1.42 bits per heavy atom. The molecule has 2 N–H and O–H groups in total. The molecule has 2 aliphatic rings. The summed E-state index contributed by atoms with van der Waals surface area (Å²) in [6.45, 7) is 2.00. The number of nitrogens with zero attached hydrogens (tertiary/aromatic N) is 1. The summed E-state index contributed by atoms with van der Waals surface area (Å²) in [7, 11) is 1.58. The van der Waals surface area contributed by atoms with E-state index >= 15 is 0 Å². The van der Waals surface area contributed by atoms with Gasteiger partial charge in [-0.2, -0.15) is 5.26 Å². The van der Waals surface area contributed by atoms with E-state index in [4.69, 9.17) is 15.2 Å². The number of ether oxygens (including phenoxy) is 2. The quantitative estimate of drug-likeness (QED) is 0.837. The van der Waals surface area contributed by atoms with Crippen LogP contribution in [0.3, 0.4) is 0 Å². The molecule has 0 spiro atoms. The average molecular weight is 389 g/mol. The smallest absolute Gasteiger partial charge is 0.205 e. The third kappa shape index (κ3) is 2.69. The van der Waals surface area contributed by atoms with Crippen molar-refractivity contribution in [3.8, 4) is 11.8 Å². The predicted molar refractivity (Wildman–Crippen MR) is 91.8 cm³/mol. The summed E-state index contributed by atoms with van der Waals surface area (Å²) in [4.78, 5) is 12.7. The fourth-order valence-corrected chi connectivity index (χ4v) is 3.85. The Bertz CT molecular complexity index is 820. The van der Waals surface area contributed by atoms with Crippen molar-refractivity contribution < 1.29 is 14.3 Å². The molecule has 0 bridgehead atoms. The van der Waals surface area contributed by atoms with Crippen LogP contribution < -0.4 is 10.5 Å². The Hall–Kier alpha value is -2.26. The van der Waals surface area contributed by atoms with E-state index in [1.807, 2.05) is 19.1 Å². The topological polar surface area (TPSA) is 85.3 Å². The number of carbonyl (C=O) groups is 1. The van der Waals surface area contributed by atoms with Crippen LogP contribution in [0.25, 0.3) is 0 Å². The molecule has 3 rings (SSSR count). The number of benzene rings is 1. The minimum atomic E-state index is -0.499. The molecule has 5 nitrogen and oxygen atoms in total. The third-order valence-electron chi connectivity index (χ3n) is 4.37. The number of nitrogens with two attached hydrogens (primary N) is 1. The van der Waals surface area contributed by atoms with Crippen LogP contribution in [0.1, 0.15) is 31.2 Å². The zero-order valence-corrected chi connectivity index (χ0v) is 15.0. The SMILES string of the molecule is COc1ccc([C@@H]2C(C#N)=C(N)OC3=C2C(=O)C[C@H](C)C3)cc1Br. The molecule has 1 aliphatic heterocycles.